The average molecular weight is 308 g/mol. The lowest BCUT2D eigenvalue weighted by atomic mass is 9.91. The summed E-state index contributed by atoms with van der Waals surface area (Å²) in [7, 11) is 0. The molecule has 0 amide bonds. The maximum Gasteiger partial charge on any atom is 0.138 e. The summed E-state index contributed by atoms with van der Waals surface area (Å²) in [6.45, 7) is 1.12. The molecule has 0 aliphatic heterocycles. The van der Waals surface area contributed by atoms with Crippen molar-refractivity contribution >= 4 is 27.4 Å². The second kappa shape index (κ2) is 5.31. The molecule has 0 radical (unpaired) electrons. The Hall–Kier alpha value is -1.03. The van der Waals surface area contributed by atoms with Crippen LogP contribution in [0, 0.1) is 0 Å². The van der Waals surface area contributed by atoms with Crippen LogP contribution in [-0.4, -0.2) is 27.3 Å². The smallest absolute Gasteiger partial charge is 0.138 e. The van der Waals surface area contributed by atoms with Gasteiger partial charge in [0.15, 0.2) is 0 Å². The van der Waals surface area contributed by atoms with Gasteiger partial charge in [-0.3, -0.25) is 4.40 Å². The highest BCUT2D eigenvalue weighted by atomic mass is 79.9. The standard InChI is InChI=1S/C14H18BrN3/c15-8-3-10-17(12-4-1-5-12)14-7-2-6-13-16-9-11-18(13)14/h2,6-7,9,11-12H,1,3-5,8,10H2. The fourth-order valence-electron chi connectivity index (χ4n) is 2.58. The van der Waals surface area contributed by atoms with E-state index in [0.717, 1.165) is 23.6 Å². The molecule has 0 atom stereocenters. The van der Waals surface area contributed by atoms with Crippen molar-refractivity contribution < 1.29 is 0 Å². The number of nitrogens with zero attached hydrogens (tertiary/aromatic N) is 3. The quantitative estimate of drug-likeness (QED) is 0.788. The lowest BCUT2D eigenvalue weighted by molar-refractivity contribution is 0.383. The molecule has 1 aliphatic rings. The van der Waals surface area contributed by atoms with E-state index in [0.29, 0.717) is 0 Å². The molecule has 3 nitrogen and oxygen atoms in total. The van der Waals surface area contributed by atoms with Crippen molar-refractivity contribution in [1.29, 1.82) is 0 Å². The summed E-state index contributed by atoms with van der Waals surface area (Å²) >= 11 is 3.54. The van der Waals surface area contributed by atoms with E-state index < -0.39 is 0 Å². The van der Waals surface area contributed by atoms with Crippen LogP contribution in [0.5, 0.6) is 0 Å². The molecular formula is C14H18BrN3. The van der Waals surface area contributed by atoms with Gasteiger partial charge in [0.25, 0.3) is 0 Å². The minimum absolute atomic E-state index is 0.719. The molecule has 1 saturated carbocycles. The highest BCUT2D eigenvalue weighted by Gasteiger charge is 2.26. The van der Waals surface area contributed by atoms with Gasteiger partial charge in [-0.05, 0) is 37.8 Å². The molecule has 2 aromatic heterocycles. The van der Waals surface area contributed by atoms with E-state index in [1.807, 2.05) is 6.20 Å². The first-order valence-corrected chi connectivity index (χ1v) is 7.77. The second-order valence-electron chi connectivity index (χ2n) is 4.86. The molecule has 0 bridgehead atoms. The lowest BCUT2D eigenvalue weighted by Crippen LogP contribution is -2.41. The van der Waals surface area contributed by atoms with Crippen LogP contribution < -0.4 is 4.90 Å². The third kappa shape index (κ3) is 2.14. The van der Waals surface area contributed by atoms with Gasteiger partial charge in [-0.15, -0.1) is 0 Å². The summed E-state index contributed by atoms with van der Waals surface area (Å²) < 4.78 is 2.20. The molecule has 1 aliphatic carbocycles. The monoisotopic (exact) mass is 307 g/mol. The first-order chi connectivity index (χ1) is 8.90. The van der Waals surface area contributed by atoms with E-state index in [-0.39, 0.29) is 0 Å². The van der Waals surface area contributed by atoms with Gasteiger partial charge < -0.3 is 4.90 Å². The van der Waals surface area contributed by atoms with Gasteiger partial charge in [-0.25, -0.2) is 4.98 Å². The number of rotatable bonds is 5. The molecule has 0 N–H and O–H groups in total. The zero-order valence-electron chi connectivity index (χ0n) is 10.4. The number of imidazole rings is 1. The van der Waals surface area contributed by atoms with Gasteiger partial charge in [0, 0.05) is 30.3 Å². The third-order valence-corrected chi connectivity index (χ3v) is 4.31. The molecule has 4 heteroatoms. The Balaban J connectivity index is 1.94. The SMILES string of the molecule is BrCCCN(c1cccc2nccn12)C1CCC1. The van der Waals surface area contributed by atoms with Gasteiger partial charge in [-0.1, -0.05) is 22.0 Å². The number of aromatic nitrogens is 2. The van der Waals surface area contributed by atoms with E-state index in [9.17, 15) is 0 Å². The fourth-order valence-corrected chi connectivity index (χ4v) is 2.83. The number of hydrogen-bond acceptors (Lipinski definition) is 2. The molecule has 0 saturated heterocycles. The van der Waals surface area contributed by atoms with Crippen LogP contribution >= 0.6 is 15.9 Å². The minimum atomic E-state index is 0.719. The third-order valence-electron chi connectivity index (χ3n) is 3.75. The Morgan fingerprint density at radius 3 is 3.00 bits per heavy atom. The summed E-state index contributed by atoms with van der Waals surface area (Å²) in [5, 5.41) is 1.07. The largest absolute Gasteiger partial charge is 0.355 e. The van der Waals surface area contributed by atoms with Gasteiger partial charge in [-0.2, -0.15) is 0 Å². The van der Waals surface area contributed by atoms with E-state index in [1.165, 1.54) is 31.5 Å². The van der Waals surface area contributed by atoms with Crippen LogP contribution in [0.15, 0.2) is 30.6 Å². The summed E-state index contributed by atoms with van der Waals surface area (Å²) in [6, 6.07) is 7.10. The first-order valence-electron chi connectivity index (χ1n) is 6.65. The van der Waals surface area contributed by atoms with Crippen LogP contribution in [0.1, 0.15) is 25.7 Å². The van der Waals surface area contributed by atoms with Crippen molar-refractivity contribution in [3.63, 3.8) is 0 Å². The normalized spacial score (nSPS) is 15.8. The Morgan fingerprint density at radius 2 is 2.28 bits per heavy atom. The Morgan fingerprint density at radius 1 is 1.39 bits per heavy atom. The number of halogens is 1. The summed E-state index contributed by atoms with van der Waals surface area (Å²) in [5.41, 5.74) is 1.04. The fraction of sp³-hybridized carbons (Fsp3) is 0.500. The van der Waals surface area contributed by atoms with E-state index in [2.05, 4.69) is 54.6 Å². The van der Waals surface area contributed by atoms with Crippen molar-refractivity contribution in [3.8, 4) is 0 Å². The summed E-state index contributed by atoms with van der Waals surface area (Å²) in [6.07, 6.45) is 9.14. The summed E-state index contributed by atoms with van der Waals surface area (Å²) in [5.74, 6) is 1.29. The predicted octanol–water partition coefficient (Wildman–Crippen LogP) is 3.48. The van der Waals surface area contributed by atoms with Crippen LogP contribution in [0.3, 0.4) is 0 Å². The first kappa shape index (κ1) is 12.0. The molecule has 0 unspecified atom stereocenters. The van der Waals surface area contributed by atoms with E-state index in [1.54, 1.807) is 0 Å². The minimum Gasteiger partial charge on any atom is -0.355 e. The molecule has 18 heavy (non-hydrogen) atoms. The molecule has 2 heterocycles. The van der Waals surface area contributed by atoms with E-state index >= 15 is 0 Å². The van der Waals surface area contributed by atoms with Gasteiger partial charge in [0.1, 0.15) is 11.5 Å². The van der Waals surface area contributed by atoms with Crippen molar-refractivity contribution in [1.82, 2.24) is 9.38 Å². The van der Waals surface area contributed by atoms with Crippen molar-refractivity contribution in [2.24, 2.45) is 0 Å². The second-order valence-corrected chi connectivity index (χ2v) is 5.65. The van der Waals surface area contributed by atoms with E-state index in [4.69, 9.17) is 0 Å². The topological polar surface area (TPSA) is 20.5 Å². The average Bonchev–Trinajstić information content (AvgIpc) is 2.80. The number of pyridine rings is 1. The molecule has 0 spiro atoms. The number of fused-ring (bicyclic) bond motifs is 1. The maximum atomic E-state index is 4.37. The van der Waals surface area contributed by atoms with Crippen LogP contribution in [0.25, 0.3) is 5.65 Å². The molecular weight excluding hydrogens is 290 g/mol. The van der Waals surface area contributed by atoms with Crippen molar-refractivity contribution in [3.05, 3.63) is 30.6 Å². The van der Waals surface area contributed by atoms with Gasteiger partial charge >= 0.3 is 0 Å². The number of alkyl halides is 1. The Labute approximate surface area is 116 Å². The van der Waals surface area contributed by atoms with Crippen molar-refractivity contribution in [2.75, 3.05) is 16.8 Å². The zero-order valence-corrected chi connectivity index (χ0v) is 12.0. The number of anilines is 1. The molecule has 1 fully saturated rings. The van der Waals surface area contributed by atoms with Crippen LogP contribution in [0.2, 0.25) is 0 Å². The van der Waals surface area contributed by atoms with Crippen LogP contribution in [-0.2, 0) is 0 Å². The highest BCUT2D eigenvalue weighted by molar-refractivity contribution is 9.09. The van der Waals surface area contributed by atoms with Gasteiger partial charge in [0.2, 0.25) is 0 Å². The lowest BCUT2D eigenvalue weighted by Gasteiger charge is -2.39. The highest BCUT2D eigenvalue weighted by Crippen LogP contribution is 2.30. The molecule has 96 valence electrons. The predicted molar refractivity (Wildman–Crippen MR) is 78.6 cm³/mol. The number of hydrogen-bond donors (Lipinski definition) is 0. The summed E-state index contributed by atoms with van der Waals surface area (Å²) in [4.78, 5) is 6.93. The zero-order chi connectivity index (χ0) is 12.4. The molecule has 2 aromatic rings. The van der Waals surface area contributed by atoms with Gasteiger partial charge in [0.05, 0.1) is 0 Å². The molecule has 0 aromatic carbocycles. The van der Waals surface area contributed by atoms with Crippen molar-refractivity contribution in [2.45, 2.75) is 31.7 Å². The Kier molecular flexibility index (Phi) is 3.55. The van der Waals surface area contributed by atoms with Crippen LogP contribution in [0.4, 0.5) is 5.82 Å². The maximum absolute atomic E-state index is 4.37. The Bertz CT molecular complexity index is 518. The molecule has 3 rings (SSSR count).